The van der Waals surface area contributed by atoms with Crippen molar-refractivity contribution in [1.82, 2.24) is 9.62 Å². The Morgan fingerprint density at radius 1 is 1.14 bits per heavy atom. The van der Waals surface area contributed by atoms with Gasteiger partial charge in [0.2, 0.25) is 10.0 Å². The molecular formula is C16H25N3O2S. The predicted molar refractivity (Wildman–Crippen MR) is 88.1 cm³/mol. The molecule has 0 bridgehead atoms. The lowest BCUT2D eigenvalue weighted by atomic mass is 9.86. The Hall–Kier alpha value is -1.11. The maximum absolute atomic E-state index is 12.2. The molecule has 0 spiro atoms. The predicted octanol–water partition coefficient (Wildman–Crippen LogP) is 2.36. The topological polar surface area (TPSA) is 61.4 Å². The summed E-state index contributed by atoms with van der Waals surface area (Å²) in [5.41, 5.74) is 2.09. The molecule has 0 amide bonds. The number of nitrogens with one attached hydrogen (secondary N) is 2. The van der Waals surface area contributed by atoms with E-state index in [2.05, 4.69) is 10.6 Å². The largest absolute Gasteiger partial charge is 0.369 e. The van der Waals surface area contributed by atoms with Crippen molar-refractivity contribution in [3.63, 3.8) is 0 Å². The van der Waals surface area contributed by atoms with Crippen LogP contribution < -0.4 is 10.6 Å². The number of hydrogen-bond acceptors (Lipinski definition) is 4. The minimum Gasteiger partial charge on any atom is -0.369 e. The molecule has 1 aromatic rings. The quantitative estimate of drug-likeness (QED) is 0.896. The molecule has 1 heterocycles. The van der Waals surface area contributed by atoms with Gasteiger partial charge in [-0.2, -0.15) is 0 Å². The van der Waals surface area contributed by atoms with E-state index in [0.29, 0.717) is 17.0 Å². The number of benzene rings is 1. The third-order valence-corrected chi connectivity index (χ3v) is 6.61. The second-order valence-electron chi connectivity index (χ2n) is 6.51. The van der Waals surface area contributed by atoms with Crippen LogP contribution in [-0.4, -0.2) is 33.0 Å². The van der Waals surface area contributed by atoms with E-state index in [1.807, 2.05) is 6.07 Å². The molecule has 0 saturated heterocycles. The number of anilines is 1. The van der Waals surface area contributed by atoms with E-state index >= 15 is 0 Å². The molecule has 5 nitrogen and oxygen atoms in total. The van der Waals surface area contributed by atoms with Gasteiger partial charge in [0.25, 0.3) is 0 Å². The number of nitrogens with zero attached hydrogens (tertiary/aromatic N) is 1. The van der Waals surface area contributed by atoms with E-state index in [9.17, 15) is 8.42 Å². The number of hydrogen-bond donors (Lipinski definition) is 2. The van der Waals surface area contributed by atoms with Crippen LogP contribution in [0.2, 0.25) is 0 Å². The Balaban J connectivity index is 1.79. The molecule has 1 unspecified atom stereocenters. The lowest BCUT2D eigenvalue weighted by molar-refractivity contribution is 0.282. The first-order valence-electron chi connectivity index (χ1n) is 8.04. The highest BCUT2D eigenvalue weighted by atomic mass is 32.2. The van der Waals surface area contributed by atoms with Crippen molar-refractivity contribution < 1.29 is 8.42 Å². The summed E-state index contributed by atoms with van der Waals surface area (Å²) in [6, 6.07) is 5.38. The number of fused-ring (bicyclic) bond motifs is 1. The first-order chi connectivity index (χ1) is 10.5. The number of rotatable bonds is 3. The molecule has 22 heavy (non-hydrogen) atoms. The van der Waals surface area contributed by atoms with Gasteiger partial charge in [-0.3, -0.25) is 5.32 Å². The molecule has 1 saturated carbocycles. The minimum atomic E-state index is -3.37. The summed E-state index contributed by atoms with van der Waals surface area (Å²) >= 11 is 0. The highest BCUT2D eigenvalue weighted by Crippen LogP contribution is 2.31. The van der Waals surface area contributed by atoms with Crippen molar-refractivity contribution in [3.8, 4) is 0 Å². The molecule has 1 aliphatic carbocycles. The van der Waals surface area contributed by atoms with E-state index < -0.39 is 10.0 Å². The van der Waals surface area contributed by atoms with E-state index in [0.717, 1.165) is 17.8 Å². The molecular weight excluding hydrogens is 298 g/mol. The first-order valence-corrected chi connectivity index (χ1v) is 9.48. The summed E-state index contributed by atoms with van der Waals surface area (Å²) in [5.74, 6) is 0.673. The second kappa shape index (κ2) is 6.18. The van der Waals surface area contributed by atoms with Crippen molar-refractivity contribution >= 4 is 15.7 Å². The Morgan fingerprint density at radius 2 is 1.86 bits per heavy atom. The molecule has 6 heteroatoms. The maximum atomic E-state index is 12.2. The van der Waals surface area contributed by atoms with Crippen LogP contribution >= 0.6 is 0 Å². The molecule has 1 fully saturated rings. The van der Waals surface area contributed by atoms with Gasteiger partial charge in [-0.05, 0) is 42.5 Å². The van der Waals surface area contributed by atoms with Crippen molar-refractivity contribution in [2.75, 3.05) is 19.4 Å². The van der Waals surface area contributed by atoms with Gasteiger partial charge in [0.15, 0.2) is 0 Å². The van der Waals surface area contributed by atoms with Crippen LogP contribution in [0.3, 0.4) is 0 Å². The zero-order valence-corrected chi connectivity index (χ0v) is 14.1. The van der Waals surface area contributed by atoms with E-state index in [1.165, 1.54) is 36.4 Å². The van der Waals surface area contributed by atoms with Gasteiger partial charge in [0.05, 0.1) is 11.1 Å². The average molecular weight is 323 g/mol. The smallest absolute Gasteiger partial charge is 0.242 e. The van der Waals surface area contributed by atoms with Gasteiger partial charge in [0.1, 0.15) is 0 Å². The van der Waals surface area contributed by atoms with E-state index in [4.69, 9.17) is 0 Å². The summed E-state index contributed by atoms with van der Waals surface area (Å²) in [6.45, 7) is 0.723. The van der Waals surface area contributed by atoms with Crippen LogP contribution in [0.1, 0.15) is 37.7 Å². The molecule has 1 atom stereocenters. The highest BCUT2D eigenvalue weighted by Gasteiger charge is 2.27. The van der Waals surface area contributed by atoms with Crippen LogP contribution in [0, 0.1) is 5.92 Å². The van der Waals surface area contributed by atoms with Gasteiger partial charge in [-0.15, -0.1) is 0 Å². The van der Waals surface area contributed by atoms with Gasteiger partial charge in [-0.1, -0.05) is 19.3 Å². The third-order valence-electron chi connectivity index (χ3n) is 4.80. The Kier molecular flexibility index (Phi) is 4.43. The molecule has 1 aliphatic heterocycles. The van der Waals surface area contributed by atoms with Crippen molar-refractivity contribution in [3.05, 3.63) is 23.8 Å². The molecule has 0 aromatic heterocycles. The van der Waals surface area contributed by atoms with E-state index in [1.54, 1.807) is 26.2 Å². The van der Waals surface area contributed by atoms with Crippen molar-refractivity contribution in [2.24, 2.45) is 5.92 Å². The van der Waals surface area contributed by atoms with Crippen molar-refractivity contribution in [1.29, 1.82) is 0 Å². The standard InChI is InChI=1S/C16H25N3O2S/c1-19(2)22(20,21)14-8-9-15-13(10-14)11-17-16(18-15)12-6-4-3-5-7-12/h8-10,12,16-18H,3-7,11H2,1-2H3. The molecule has 122 valence electrons. The summed E-state index contributed by atoms with van der Waals surface area (Å²) in [4.78, 5) is 0.357. The fourth-order valence-electron chi connectivity index (χ4n) is 3.42. The molecule has 2 N–H and O–H groups in total. The SMILES string of the molecule is CN(C)S(=O)(=O)c1ccc2c(c1)CNC(C1CCCCC1)N2. The van der Waals surface area contributed by atoms with Crippen LogP contribution in [0.4, 0.5) is 5.69 Å². The van der Waals surface area contributed by atoms with E-state index in [-0.39, 0.29) is 0 Å². The van der Waals surface area contributed by atoms with Crippen molar-refractivity contribution in [2.45, 2.75) is 49.7 Å². The first kappa shape index (κ1) is 15.8. The zero-order valence-electron chi connectivity index (χ0n) is 13.3. The Bertz CT molecular complexity index is 637. The average Bonchev–Trinajstić information content (AvgIpc) is 2.54. The summed E-state index contributed by atoms with van der Waals surface area (Å²) < 4.78 is 25.7. The lowest BCUT2D eigenvalue weighted by Gasteiger charge is -2.36. The Morgan fingerprint density at radius 3 is 2.55 bits per heavy atom. The normalized spacial score (nSPS) is 23.1. The van der Waals surface area contributed by atoms with Gasteiger partial charge in [-0.25, -0.2) is 12.7 Å². The summed E-state index contributed by atoms with van der Waals surface area (Å²) in [6.07, 6.45) is 6.84. The van der Waals surface area contributed by atoms with Crippen LogP contribution in [0.15, 0.2) is 23.1 Å². The summed E-state index contributed by atoms with van der Waals surface area (Å²) in [7, 11) is -0.247. The molecule has 0 radical (unpaired) electrons. The zero-order chi connectivity index (χ0) is 15.7. The fourth-order valence-corrected chi connectivity index (χ4v) is 4.37. The van der Waals surface area contributed by atoms with Gasteiger partial charge < -0.3 is 5.32 Å². The third kappa shape index (κ3) is 3.00. The highest BCUT2D eigenvalue weighted by molar-refractivity contribution is 7.89. The van der Waals surface area contributed by atoms with Gasteiger partial charge in [0, 0.05) is 26.3 Å². The second-order valence-corrected chi connectivity index (χ2v) is 8.66. The molecule has 1 aromatic carbocycles. The van der Waals surface area contributed by atoms with Crippen LogP contribution in [0.5, 0.6) is 0 Å². The Labute approximate surface area is 133 Å². The van der Waals surface area contributed by atoms with Crippen LogP contribution in [0.25, 0.3) is 0 Å². The summed E-state index contributed by atoms with van der Waals surface area (Å²) in [5, 5.41) is 7.09. The minimum absolute atomic E-state index is 0.309. The monoisotopic (exact) mass is 323 g/mol. The number of sulfonamides is 1. The fraction of sp³-hybridized carbons (Fsp3) is 0.625. The van der Waals surface area contributed by atoms with Gasteiger partial charge >= 0.3 is 0 Å². The molecule has 2 aliphatic rings. The molecule has 3 rings (SSSR count). The van der Waals surface area contributed by atoms with Crippen LogP contribution in [-0.2, 0) is 16.6 Å². The maximum Gasteiger partial charge on any atom is 0.242 e. The lowest BCUT2D eigenvalue weighted by Crippen LogP contribution is -2.46.